The SMILES string of the molecule is Cn1cc(C#N)nc1-c1cccc2ocnc12. The van der Waals surface area contributed by atoms with Gasteiger partial charge in [-0.1, -0.05) is 6.07 Å². The molecule has 5 nitrogen and oxygen atoms in total. The minimum Gasteiger partial charge on any atom is -0.443 e. The van der Waals surface area contributed by atoms with Crippen LogP contribution in [-0.2, 0) is 7.05 Å². The third-order valence-electron chi connectivity index (χ3n) is 2.59. The molecule has 0 amide bonds. The van der Waals surface area contributed by atoms with Gasteiger partial charge in [0.25, 0.3) is 0 Å². The Morgan fingerprint density at radius 3 is 3.06 bits per heavy atom. The normalized spacial score (nSPS) is 10.6. The molecule has 3 rings (SSSR count). The van der Waals surface area contributed by atoms with Crippen LogP contribution in [0, 0.1) is 11.3 Å². The van der Waals surface area contributed by atoms with E-state index in [0.29, 0.717) is 17.1 Å². The Hall–Kier alpha value is -2.61. The highest BCUT2D eigenvalue weighted by Gasteiger charge is 2.12. The molecule has 0 aliphatic carbocycles. The summed E-state index contributed by atoms with van der Waals surface area (Å²) in [5.41, 5.74) is 2.72. The van der Waals surface area contributed by atoms with Crippen LogP contribution < -0.4 is 0 Å². The predicted molar refractivity (Wildman–Crippen MR) is 60.9 cm³/mol. The Labute approximate surface area is 96.9 Å². The second kappa shape index (κ2) is 3.46. The molecule has 0 saturated heterocycles. The lowest BCUT2D eigenvalue weighted by molar-refractivity contribution is 0.602. The van der Waals surface area contributed by atoms with E-state index in [4.69, 9.17) is 9.68 Å². The lowest BCUT2D eigenvalue weighted by atomic mass is 10.2. The summed E-state index contributed by atoms with van der Waals surface area (Å²) in [5, 5.41) is 8.84. The fraction of sp³-hybridized carbons (Fsp3) is 0.0833. The summed E-state index contributed by atoms with van der Waals surface area (Å²) in [4.78, 5) is 8.42. The lowest BCUT2D eigenvalue weighted by Gasteiger charge is -2.01. The molecule has 17 heavy (non-hydrogen) atoms. The van der Waals surface area contributed by atoms with Crippen molar-refractivity contribution in [3.05, 3.63) is 36.5 Å². The zero-order chi connectivity index (χ0) is 11.8. The Balaban J connectivity index is 2.30. The van der Waals surface area contributed by atoms with Crippen molar-refractivity contribution in [3.63, 3.8) is 0 Å². The first-order chi connectivity index (χ1) is 8.29. The molecule has 0 saturated carbocycles. The number of fused-ring (bicyclic) bond motifs is 1. The molecule has 0 N–H and O–H groups in total. The number of rotatable bonds is 1. The topological polar surface area (TPSA) is 67.6 Å². The molecule has 0 bridgehead atoms. The molecule has 82 valence electrons. The molecule has 0 aliphatic rings. The summed E-state index contributed by atoms with van der Waals surface area (Å²) in [6.07, 6.45) is 3.09. The van der Waals surface area contributed by atoms with Crippen molar-refractivity contribution < 1.29 is 4.42 Å². The van der Waals surface area contributed by atoms with E-state index in [1.54, 1.807) is 6.20 Å². The van der Waals surface area contributed by atoms with E-state index in [-0.39, 0.29) is 0 Å². The van der Waals surface area contributed by atoms with Crippen LogP contribution in [0.1, 0.15) is 5.69 Å². The summed E-state index contributed by atoms with van der Waals surface area (Å²) >= 11 is 0. The van der Waals surface area contributed by atoms with Gasteiger partial charge in [0, 0.05) is 18.8 Å². The fourth-order valence-corrected chi connectivity index (χ4v) is 1.84. The largest absolute Gasteiger partial charge is 0.443 e. The Morgan fingerprint density at radius 1 is 1.41 bits per heavy atom. The van der Waals surface area contributed by atoms with Gasteiger partial charge in [0.05, 0.1) is 0 Å². The fourth-order valence-electron chi connectivity index (χ4n) is 1.84. The van der Waals surface area contributed by atoms with E-state index >= 15 is 0 Å². The van der Waals surface area contributed by atoms with Gasteiger partial charge in [-0.3, -0.25) is 0 Å². The van der Waals surface area contributed by atoms with E-state index in [1.165, 1.54) is 6.39 Å². The number of aromatic nitrogens is 3. The van der Waals surface area contributed by atoms with E-state index in [0.717, 1.165) is 11.1 Å². The van der Waals surface area contributed by atoms with Gasteiger partial charge in [-0.05, 0) is 12.1 Å². The van der Waals surface area contributed by atoms with E-state index in [2.05, 4.69) is 9.97 Å². The van der Waals surface area contributed by atoms with Crippen LogP contribution in [0.3, 0.4) is 0 Å². The highest BCUT2D eigenvalue weighted by molar-refractivity contribution is 5.88. The minimum atomic E-state index is 0.392. The number of oxazole rings is 1. The Kier molecular flexibility index (Phi) is 1.95. The van der Waals surface area contributed by atoms with Crippen molar-refractivity contribution in [2.45, 2.75) is 0 Å². The number of aryl methyl sites for hydroxylation is 1. The van der Waals surface area contributed by atoms with Crippen LogP contribution in [0.4, 0.5) is 0 Å². The number of para-hydroxylation sites is 1. The second-order valence-electron chi connectivity index (χ2n) is 3.68. The number of benzene rings is 1. The maximum absolute atomic E-state index is 8.84. The van der Waals surface area contributed by atoms with Crippen LogP contribution >= 0.6 is 0 Å². The Morgan fingerprint density at radius 2 is 2.29 bits per heavy atom. The molecule has 3 aromatic rings. The zero-order valence-electron chi connectivity index (χ0n) is 9.08. The molecule has 1 aromatic carbocycles. The van der Waals surface area contributed by atoms with Crippen molar-refractivity contribution in [2.75, 3.05) is 0 Å². The molecule has 5 heteroatoms. The van der Waals surface area contributed by atoms with Crippen LogP contribution in [0.25, 0.3) is 22.5 Å². The third-order valence-corrected chi connectivity index (χ3v) is 2.59. The summed E-state index contributed by atoms with van der Waals surface area (Å²) < 4.78 is 7.05. The second-order valence-corrected chi connectivity index (χ2v) is 3.68. The first-order valence-corrected chi connectivity index (χ1v) is 5.05. The highest BCUT2D eigenvalue weighted by atomic mass is 16.3. The molecule has 0 radical (unpaired) electrons. The summed E-state index contributed by atoms with van der Waals surface area (Å²) in [5.74, 6) is 0.709. The van der Waals surface area contributed by atoms with Gasteiger partial charge in [0.1, 0.15) is 17.4 Å². The number of hydrogen-bond acceptors (Lipinski definition) is 4. The van der Waals surface area contributed by atoms with Crippen LogP contribution in [0.5, 0.6) is 0 Å². The average Bonchev–Trinajstić information content (AvgIpc) is 2.94. The molecule has 0 fully saturated rings. The van der Waals surface area contributed by atoms with Crippen molar-refractivity contribution in [3.8, 4) is 17.5 Å². The molecule has 0 atom stereocenters. The highest BCUT2D eigenvalue weighted by Crippen LogP contribution is 2.26. The summed E-state index contributed by atoms with van der Waals surface area (Å²) in [6.45, 7) is 0. The van der Waals surface area contributed by atoms with E-state index in [9.17, 15) is 0 Å². The third kappa shape index (κ3) is 1.39. The number of nitriles is 1. The maximum Gasteiger partial charge on any atom is 0.182 e. The molecule has 2 heterocycles. The van der Waals surface area contributed by atoms with Gasteiger partial charge < -0.3 is 8.98 Å². The maximum atomic E-state index is 8.84. The minimum absolute atomic E-state index is 0.392. The Bertz CT molecular complexity index is 732. The quantitative estimate of drug-likeness (QED) is 0.634. The average molecular weight is 224 g/mol. The number of nitrogens with zero attached hydrogens (tertiary/aromatic N) is 4. The predicted octanol–water partition coefficient (Wildman–Crippen LogP) is 2.10. The summed E-state index contributed by atoms with van der Waals surface area (Å²) in [7, 11) is 1.85. The van der Waals surface area contributed by atoms with Crippen LogP contribution in [0.2, 0.25) is 0 Å². The monoisotopic (exact) mass is 224 g/mol. The van der Waals surface area contributed by atoms with Gasteiger partial charge in [0.2, 0.25) is 0 Å². The first-order valence-electron chi connectivity index (χ1n) is 5.05. The van der Waals surface area contributed by atoms with E-state index < -0.39 is 0 Å². The van der Waals surface area contributed by atoms with Crippen molar-refractivity contribution in [1.29, 1.82) is 5.26 Å². The van der Waals surface area contributed by atoms with Crippen molar-refractivity contribution >= 4 is 11.1 Å². The first kappa shape index (κ1) is 9.60. The smallest absolute Gasteiger partial charge is 0.182 e. The number of imidazole rings is 1. The van der Waals surface area contributed by atoms with Gasteiger partial charge in [-0.15, -0.1) is 0 Å². The molecular weight excluding hydrogens is 216 g/mol. The zero-order valence-corrected chi connectivity index (χ0v) is 9.08. The molecule has 2 aromatic heterocycles. The molecule has 0 spiro atoms. The van der Waals surface area contributed by atoms with Crippen LogP contribution in [-0.4, -0.2) is 14.5 Å². The standard InChI is InChI=1S/C12H8N4O/c1-16-6-8(5-13)15-12(16)9-3-2-4-10-11(9)14-7-17-10/h2-4,6-7H,1H3. The van der Waals surface area contributed by atoms with Gasteiger partial charge in [-0.25, -0.2) is 9.97 Å². The van der Waals surface area contributed by atoms with E-state index in [1.807, 2.05) is 35.9 Å². The molecule has 0 aliphatic heterocycles. The molecule has 0 unspecified atom stereocenters. The van der Waals surface area contributed by atoms with Crippen molar-refractivity contribution in [1.82, 2.24) is 14.5 Å². The van der Waals surface area contributed by atoms with Gasteiger partial charge in [0.15, 0.2) is 17.7 Å². The summed E-state index contributed by atoms with van der Waals surface area (Å²) in [6, 6.07) is 7.66. The molecular formula is C12H8N4O. The van der Waals surface area contributed by atoms with Gasteiger partial charge >= 0.3 is 0 Å². The number of hydrogen-bond donors (Lipinski definition) is 0. The van der Waals surface area contributed by atoms with Crippen molar-refractivity contribution in [2.24, 2.45) is 7.05 Å². The van der Waals surface area contributed by atoms with Gasteiger partial charge in [-0.2, -0.15) is 5.26 Å². The van der Waals surface area contributed by atoms with Crippen LogP contribution in [0.15, 0.2) is 35.2 Å². The lowest BCUT2D eigenvalue weighted by Crippen LogP contribution is -1.91.